The van der Waals surface area contributed by atoms with E-state index in [2.05, 4.69) is 15.3 Å². The van der Waals surface area contributed by atoms with Crippen molar-refractivity contribution >= 4 is 27.9 Å². The fourth-order valence-electron chi connectivity index (χ4n) is 2.70. The van der Waals surface area contributed by atoms with Crippen LogP contribution in [0.3, 0.4) is 0 Å². The highest BCUT2D eigenvalue weighted by atomic mass is 16.5. The number of rotatable bonds is 5. The molecule has 1 N–H and O–H groups in total. The van der Waals surface area contributed by atoms with Gasteiger partial charge in [-0.1, -0.05) is 30.3 Å². The number of nitrogens with one attached hydrogen (secondary N) is 1. The molecule has 0 bridgehead atoms. The van der Waals surface area contributed by atoms with Gasteiger partial charge in [0, 0.05) is 5.39 Å². The average Bonchev–Trinajstić information content (AvgIpc) is 3.00. The van der Waals surface area contributed by atoms with E-state index in [1.807, 2.05) is 55.5 Å². The Balaban J connectivity index is 1.50. The highest BCUT2D eigenvalue weighted by molar-refractivity contribution is 6.05. The maximum absolute atomic E-state index is 5.89. The topological polar surface area (TPSA) is 60.2 Å². The Hall–Kier alpha value is -3.08. The van der Waals surface area contributed by atoms with Gasteiger partial charge in [-0.2, -0.15) is 0 Å². The first-order valence-corrected chi connectivity index (χ1v) is 7.87. The van der Waals surface area contributed by atoms with Crippen molar-refractivity contribution in [3.8, 4) is 5.75 Å². The summed E-state index contributed by atoms with van der Waals surface area (Å²) >= 11 is 0. The molecule has 0 aliphatic rings. The Morgan fingerprint density at radius 1 is 1.04 bits per heavy atom. The molecule has 0 atom stereocenters. The van der Waals surface area contributed by atoms with Crippen LogP contribution < -0.4 is 10.1 Å². The van der Waals surface area contributed by atoms with Gasteiger partial charge in [0.05, 0.1) is 6.54 Å². The molecule has 0 spiro atoms. The van der Waals surface area contributed by atoms with Gasteiger partial charge in [0.2, 0.25) is 0 Å². The van der Waals surface area contributed by atoms with Crippen LogP contribution in [-0.4, -0.2) is 23.1 Å². The van der Waals surface area contributed by atoms with Gasteiger partial charge in [-0.15, -0.1) is 0 Å². The van der Waals surface area contributed by atoms with E-state index in [0.29, 0.717) is 24.6 Å². The lowest BCUT2D eigenvalue weighted by Crippen LogP contribution is -2.13. The molecule has 0 aliphatic heterocycles. The lowest BCUT2D eigenvalue weighted by atomic mass is 10.2. The minimum absolute atomic E-state index is 0.538. The maximum Gasteiger partial charge on any atom is 0.196 e. The molecule has 0 amide bonds. The molecular weight excluding hydrogens is 302 g/mol. The molecule has 0 aliphatic carbocycles. The molecule has 0 saturated carbocycles. The lowest BCUT2D eigenvalue weighted by molar-refractivity contribution is 0.330. The second kappa shape index (κ2) is 6.20. The van der Waals surface area contributed by atoms with Crippen LogP contribution in [-0.2, 0) is 0 Å². The standard InChI is InChI=1S/C19H17N3O2/c1-13-6-2-4-8-15(13)23-11-10-20-19-18-17(21-12-22-19)14-7-3-5-9-16(14)24-18/h2-9,12H,10-11H2,1H3,(H,20,21,22). The highest BCUT2D eigenvalue weighted by Gasteiger charge is 2.12. The quantitative estimate of drug-likeness (QED) is 0.559. The number of furan rings is 1. The van der Waals surface area contributed by atoms with Crippen molar-refractivity contribution in [3.63, 3.8) is 0 Å². The third-order valence-electron chi connectivity index (χ3n) is 3.90. The van der Waals surface area contributed by atoms with Crippen LogP contribution in [0.5, 0.6) is 5.75 Å². The summed E-state index contributed by atoms with van der Waals surface area (Å²) in [6.07, 6.45) is 1.55. The number of benzene rings is 2. The number of hydrogen-bond acceptors (Lipinski definition) is 5. The van der Waals surface area contributed by atoms with Gasteiger partial charge in [0.15, 0.2) is 11.4 Å². The van der Waals surface area contributed by atoms with Gasteiger partial charge in [0.1, 0.15) is 29.8 Å². The number of hydrogen-bond donors (Lipinski definition) is 1. The molecule has 0 unspecified atom stereocenters. The monoisotopic (exact) mass is 319 g/mol. The Labute approximate surface area is 139 Å². The molecule has 4 rings (SSSR count). The first-order chi connectivity index (χ1) is 11.8. The summed E-state index contributed by atoms with van der Waals surface area (Å²) in [7, 11) is 0. The summed E-state index contributed by atoms with van der Waals surface area (Å²) in [4.78, 5) is 8.63. The van der Waals surface area contributed by atoms with Crippen molar-refractivity contribution in [3.05, 3.63) is 60.4 Å². The average molecular weight is 319 g/mol. The van der Waals surface area contributed by atoms with Crippen molar-refractivity contribution in [2.45, 2.75) is 6.92 Å². The number of ether oxygens (including phenoxy) is 1. The minimum Gasteiger partial charge on any atom is -0.491 e. The van der Waals surface area contributed by atoms with Gasteiger partial charge in [0.25, 0.3) is 0 Å². The summed E-state index contributed by atoms with van der Waals surface area (Å²) in [5.74, 6) is 1.58. The van der Waals surface area contributed by atoms with Crippen LogP contribution >= 0.6 is 0 Å². The van der Waals surface area contributed by atoms with Gasteiger partial charge in [-0.3, -0.25) is 0 Å². The molecular formula is C19H17N3O2. The first kappa shape index (κ1) is 14.5. The first-order valence-electron chi connectivity index (χ1n) is 7.87. The lowest BCUT2D eigenvalue weighted by Gasteiger charge is -2.09. The van der Waals surface area contributed by atoms with Crippen molar-refractivity contribution < 1.29 is 9.15 Å². The van der Waals surface area contributed by atoms with Crippen molar-refractivity contribution in [2.75, 3.05) is 18.5 Å². The summed E-state index contributed by atoms with van der Waals surface area (Å²) in [6.45, 7) is 3.19. The molecule has 2 aromatic carbocycles. The Kier molecular flexibility index (Phi) is 3.75. The second-order valence-electron chi connectivity index (χ2n) is 5.54. The fraction of sp³-hybridized carbons (Fsp3) is 0.158. The zero-order valence-corrected chi connectivity index (χ0v) is 13.3. The van der Waals surface area contributed by atoms with E-state index in [1.54, 1.807) is 6.33 Å². The largest absolute Gasteiger partial charge is 0.491 e. The Bertz CT molecular complexity index is 994. The minimum atomic E-state index is 0.538. The van der Waals surface area contributed by atoms with Gasteiger partial charge in [-0.05, 0) is 30.7 Å². The number of anilines is 1. The summed E-state index contributed by atoms with van der Waals surface area (Å²) in [5.41, 5.74) is 3.43. The van der Waals surface area contributed by atoms with Crippen molar-refractivity contribution in [1.29, 1.82) is 0 Å². The maximum atomic E-state index is 5.89. The zero-order valence-electron chi connectivity index (χ0n) is 13.3. The number of fused-ring (bicyclic) bond motifs is 3. The van der Waals surface area contributed by atoms with Gasteiger partial charge >= 0.3 is 0 Å². The predicted octanol–water partition coefficient (Wildman–Crippen LogP) is 4.18. The Morgan fingerprint density at radius 3 is 2.79 bits per heavy atom. The number of aryl methyl sites for hydroxylation is 1. The molecule has 0 fully saturated rings. The molecule has 0 radical (unpaired) electrons. The molecule has 2 heterocycles. The van der Waals surface area contributed by atoms with Crippen LogP contribution in [0.1, 0.15) is 5.56 Å². The third kappa shape index (κ3) is 2.65. The van der Waals surface area contributed by atoms with E-state index in [-0.39, 0.29) is 0 Å². The van der Waals surface area contributed by atoms with E-state index >= 15 is 0 Å². The molecule has 2 aromatic heterocycles. The van der Waals surface area contributed by atoms with E-state index in [4.69, 9.17) is 9.15 Å². The summed E-state index contributed by atoms with van der Waals surface area (Å²) in [6, 6.07) is 15.8. The zero-order chi connectivity index (χ0) is 16.4. The molecule has 24 heavy (non-hydrogen) atoms. The van der Waals surface area contributed by atoms with Gasteiger partial charge in [-0.25, -0.2) is 9.97 Å². The third-order valence-corrected chi connectivity index (χ3v) is 3.90. The number of para-hydroxylation sites is 2. The van der Waals surface area contributed by atoms with Crippen molar-refractivity contribution in [2.24, 2.45) is 0 Å². The van der Waals surface area contributed by atoms with Crippen molar-refractivity contribution in [1.82, 2.24) is 9.97 Å². The summed E-state index contributed by atoms with van der Waals surface area (Å²) in [5, 5.41) is 4.26. The molecule has 5 heteroatoms. The Morgan fingerprint density at radius 2 is 1.88 bits per heavy atom. The van der Waals surface area contributed by atoms with E-state index < -0.39 is 0 Å². The van der Waals surface area contributed by atoms with E-state index in [1.165, 1.54) is 0 Å². The summed E-state index contributed by atoms with van der Waals surface area (Å²) < 4.78 is 11.7. The van der Waals surface area contributed by atoms with E-state index in [0.717, 1.165) is 27.8 Å². The molecule has 5 nitrogen and oxygen atoms in total. The van der Waals surface area contributed by atoms with Crippen LogP contribution in [0.2, 0.25) is 0 Å². The van der Waals surface area contributed by atoms with Crippen LogP contribution in [0.25, 0.3) is 22.1 Å². The highest BCUT2D eigenvalue weighted by Crippen LogP contribution is 2.30. The van der Waals surface area contributed by atoms with Crippen LogP contribution in [0, 0.1) is 6.92 Å². The van der Waals surface area contributed by atoms with E-state index in [9.17, 15) is 0 Å². The van der Waals surface area contributed by atoms with Crippen LogP contribution in [0.4, 0.5) is 5.82 Å². The normalized spacial score (nSPS) is 11.0. The molecule has 4 aromatic rings. The van der Waals surface area contributed by atoms with Crippen LogP contribution in [0.15, 0.2) is 59.3 Å². The smallest absolute Gasteiger partial charge is 0.196 e. The van der Waals surface area contributed by atoms with Gasteiger partial charge < -0.3 is 14.5 Å². The number of aromatic nitrogens is 2. The predicted molar refractivity (Wildman–Crippen MR) is 94.5 cm³/mol. The molecule has 120 valence electrons. The SMILES string of the molecule is Cc1ccccc1OCCNc1ncnc2c1oc1ccccc12. The molecule has 0 saturated heterocycles. The fourth-order valence-corrected chi connectivity index (χ4v) is 2.70. The number of nitrogens with zero attached hydrogens (tertiary/aromatic N) is 2. The second-order valence-corrected chi connectivity index (χ2v) is 5.54.